The largest absolute Gasteiger partial charge is 0.453 e. The topological polar surface area (TPSA) is 70.2 Å². The molecule has 7 heteroatoms. The van der Waals surface area contributed by atoms with Crippen molar-refractivity contribution < 1.29 is 14.1 Å². The molecule has 0 bridgehead atoms. The molecule has 0 fully saturated rings. The molecule has 0 amide bonds. The average Bonchev–Trinajstić information content (AvgIpc) is 3.19. The Kier molecular flexibility index (Phi) is 4.47. The standard InChI is InChI=1S/C16H15N3O3S/c1-11-8-13(22-18-11)10-21-15(20)14-9-17-16(23-2)19(14)12-6-4-3-5-7-12/h3-9H,10H2,1-2H3. The third-order valence-electron chi connectivity index (χ3n) is 3.16. The lowest BCUT2D eigenvalue weighted by Gasteiger charge is -2.10. The summed E-state index contributed by atoms with van der Waals surface area (Å²) < 4.78 is 12.1. The van der Waals surface area contributed by atoms with Crippen molar-refractivity contribution >= 4 is 17.7 Å². The van der Waals surface area contributed by atoms with Gasteiger partial charge >= 0.3 is 5.97 Å². The van der Waals surface area contributed by atoms with E-state index in [1.807, 2.05) is 43.5 Å². The van der Waals surface area contributed by atoms with E-state index in [-0.39, 0.29) is 6.61 Å². The molecule has 23 heavy (non-hydrogen) atoms. The van der Waals surface area contributed by atoms with Gasteiger partial charge in [-0.2, -0.15) is 0 Å². The van der Waals surface area contributed by atoms with E-state index in [0.29, 0.717) is 11.5 Å². The van der Waals surface area contributed by atoms with Crippen LogP contribution in [0.3, 0.4) is 0 Å². The molecule has 2 aromatic heterocycles. The lowest BCUT2D eigenvalue weighted by Crippen LogP contribution is -2.11. The number of imidazole rings is 1. The van der Waals surface area contributed by atoms with Crippen LogP contribution >= 0.6 is 11.8 Å². The maximum absolute atomic E-state index is 12.4. The van der Waals surface area contributed by atoms with E-state index in [0.717, 1.165) is 16.5 Å². The fourth-order valence-corrected chi connectivity index (χ4v) is 2.69. The first-order valence-electron chi connectivity index (χ1n) is 6.95. The van der Waals surface area contributed by atoms with Crippen LogP contribution in [0.5, 0.6) is 0 Å². The summed E-state index contributed by atoms with van der Waals surface area (Å²) in [6.45, 7) is 1.85. The van der Waals surface area contributed by atoms with Gasteiger partial charge in [0.2, 0.25) is 0 Å². The van der Waals surface area contributed by atoms with E-state index in [1.54, 1.807) is 10.6 Å². The number of ether oxygens (including phenoxy) is 1. The number of carbonyl (C=O) groups excluding carboxylic acids is 1. The number of aromatic nitrogens is 3. The van der Waals surface area contributed by atoms with Crippen molar-refractivity contribution in [2.45, 2.75) is 18.7 Å². The summed E-state index contributed by atoms with van der Waals surface area (Å²) in [4.78, 5) is 16.7. The number of hydrogen-bond donors (Lipinski definition) is 0. The van der Waals surface area contributed by atoms with E-state index < -0.39 is 5.97 Å². The Labute approximate surface area is 137 Å². The van der Waals surface area contributed by atoms with Crippen molar-refractivity contribution in [1.82, 2.24) is 14.7 Å². The molecule has 0 aliphatic rings. The zero-order chi connectivity index (χ0) is 16.2. The summed E-state index contributed by atoms with van der Waals surface area (Å²) in [5.74, 6) is 0.0439. The zero-order valence-corrected chi connectivity index (χ0v) is 13.5. The van der Waals surface area contributed by atoms with Crippen LogP contribution in [0.15, 0.2) is 52.3 Å². The number of carbonyl (C=O) groups is 1. The van der Waals surface area contributed by atoms with Gasteiger partial charge in [0.15, 0.2) is 23.2 Å². The van der Waals surface area contributed by atoms with Crippen LogP contribution in [0.25, 0.3) is 5.69 Å². The van der Waals surface area contributed by atoms with Crippen molar-refractivity contribution in [2.24, 2.45) is 0 Å². The summed E-state index contributed by atoms with van der Waals surface area (Å²) >= 11 is 1.46. The van der Waals surface area contributed by atoms with Crippen LogP contribution in [0, 0.1) is 6.92 Å². The van der Waals surface area contributed by atoms with Gasteiger partial charge in [-0.15, -0.1) is 0 Å². The molecule has 0 atom stereocenters. The highest BCUT2D eigenvalue weighted by Gasteiger charge is 2.19. The maximum Gasteiger partial charge on any atom is 0.357 e. The zero-order valence-electron chi connectivity index (χ0n) is 12.7. The third kappa shape index (κ3) is 3.29. The minimum absolute atomic E-state index is 0.0360. The minimum atomic E-state index is -0.462. The molecule has 0 aliphatic heterocycles. The Morgan fingerprint density at radius 2 is 2.13 bits per heavy atom. The first-order chi connectivity index (χ1) is 11.2. The van der Waals surface area contributed by atoms with Gasteiger partial charge in [0.05, 0.1) is 11.9 Å². The van der Waals surface area contributed by atoms with Crippen LogP contribution < -0.4 is 0 Å². The van der Waals surface area contributed by atoms with Gasteiger partial charge in [-0.3, -0.25) is 4.57 Å². The Hall–Kier alpha value is -2.54. The van der Waals surface area contributed by atoms with Gasteiger partial charge in [0, 0.05) is 11.8 Å². The fourth-order valence-electron chi connectivity index (χ4n) is 2.14. The highest BCUT2D eigenvalue weighted by atomic mass is 32.2. The fraction of sp³-hybridized carbons (Fsp3) is 0.188. The molecule has 6 nitrogen and oxygen atoms in total. The molecule has 0 radical (unpaired) electrons. The number of aryl methyl sites for hydroxylation is 1. The van der Waals surface area contributed by atoms with E-state index in [2.05, 4.69) is 10.1 Å². The van der Waals surface area contributed by atoms with Crippen molar-refractivity contribution in [3.05, 3.63) is 59.7 Å². The number of benzene rings is 1. The predicted octanol–water partition coefficient (Wildman–Crippen LogP) is 3.25. The van der Waals surface area contributed by atoms with Crippen LogP contribution in [0.1, 0.15) is 21.9 Å². The Morgan fingerprint density at radius 1 is 1.35 bits per heavy atom. The molecule has 118 valence electrons. The smallest absolute Gasteiger partial charge is 0.357 e. The summed E-state index contributed by atoms with van der Waals surface area (Å²) in [5, 5.41) is 4.48. The number of esters is 1. The lowest BCUT2D eigenvalue weighted by atomic mass is 10.3. The van der Waals surface area contributed by atoms with Gasteiger partial charge in [0.25, 0.3) is 0 Å². The molecule has 3 rings (SSSR count). The maximum atomic E-state index is 12.4. The van der Waals surface area contributed by atoms with E-state index >= 15 is 0 Å². The molecule has 0 aliphatic carbocycles. The minimum Gasteiger partial charge on any atom is -0.453 e. The second-order valence-corrected chi connectivity index (χ2v) is 5.59. The molecule has 0 spiro atoms. The monoisotopic (exact) mass is 329 g/mol. The molecular weight excluding hydrogens is 314 g/mol. The summed E-state index contributed by atoms with van der Waals surface area (Å²) in [6.07, 6.45) is 3.43. The van der Waals surface area contributed by atoms with Crippen LogP contribution in [0.2, 0.25) is 0 Å². The van der Waals surface area contributed by atoms with Crippen molar-refractivity contribution in [3.63, 3.8) is 0 Å². The van der Waals surface area contributed by atoms with Crippen LogP contribution in [-0.2, 0) is 11.3 Å². The Morgan fingerprint density at radius 3 is 2.78 bits per heavy atom. The number of nitrogens with zero attached hydrogens (tertiary/aromatic N) is 3. The van der Waals surface area contributed by atoms with E-state index in [9.17, 15) is 4.79 Å². The second-order valence-electron chi connectivity index (χ2n) is 4.81. The number of hydrogen-bond acceptors (Lipinski definition) is 6. The van der Waals surface area contributed by atoms with Gasteiger partial charge in [0.1, 0.15) is 0 Å². The molecule has 2 heterocycles. The SMILES string of the molecule is CSc1ncc(C(=O)OCc2cc(C)no2)n1-c1ccccc1. The normalized spacial score (nSPS) is 10.7. The molecule has 0 unspecified atom stereocenters. The summed E-state index contributed by atoms with van der Waals surface area (Å²) in [7, 11) is 0. The van der Waals surface area contributed by atoms with Crippen molar-refractivity contribution in [1.29, 1.82) is 0 Å². The molecule has 0 saturated heterocycles. The van der Waals surface area contributed by atoms with Gasteiger partial charge in [-0.25, -0.2) is 9.78 Å². The molecular formula is C16H15N3O3S. The molecule has 0 N–H and O–H groups in total. The van der Waals surface area contributed by atoms with Gasteiger partial charge in [-0.05, 0) is 25.3 Å². The van der Waals surface area contributed by atoms with E-state index in [4.69, 9.17) is 9.26 Å². The van der Waals surface area contributed by atoms with E-state index in [1.165, 1.54) is 18.0 Å². The van der Waals surface area contributed by atoms with Gasteiger partial charge < -0.3 is 9.26 Å². The predicted molar refractivity (Wildman–Crippen MR) is 85.7 cm³/mol. The number of para-hydroxylation sites is 1. The van der Waals surface area contributed by atoms with Gasteiger partial charge in [-0.1, -0.05) is 35.1 Å². The first kappa shape index (κ1) is 15.4. The second kappa shape index (κ2) is 6.70. The first-order valence-corrected chi connectivity index (χ1v) is 8.18. The molecule has 1 aromatic carbocycles. The number of rotatable bonds is 5. The van der Waals surface area contributed by atoms with Crippen molar-refractivity contribution in [3.8, 4) is 5.69 Å². The molecule has 0 saturated carbocycles. The quantitative estimate of drug-likeness (QED) is 0.528. The highest BCUT2D eigenvalue weighted by Crippen LogP contribution is 2.22. The average molecular weight is 329 g/mol. The Bertz CT molecular complexity index is 811. The number of thioether (sulfide) groups is 1. The summed E-state index contributed by atoms with van der Waals surface area (Å²) in [6, 6.07) is 11.3. The third-order valence-corrected chi connectivity index (χ3v) is 3.81. The molecule has 3 aromatic rings. The van der Waals surface area contributed by atoms with Crippen molar-refractivity contribution in [2.75, 3.05) is 6.26 Å². The lowest BCUT2D eigenvalue weighted by molar-refractivity contribution is 0.0427. The Balaban J connectivity index is 1.84. The van der Waals surface area contributed by atoms with Crippen LogP contribution in [0.4, 0.5) is 0 Å². The van der Waals surface area contributed by atoms with Crippen LogP contribution in [-0.4, -0.2) is 26.9 Å². The highest BCUT2D eigenvalue weighted by molar-refractivity contribution is 7.98. The summed E-state index contributed by atoms with van der Waals surface area (Å²) in [5.41, 5.74) is 1.98.